The van der Waals surface area contributed by atoms with E-state index in [4.69, 9.17) is 29.3 Å². The summed E-state index contributed by atoms with van der Waals surface area (Å²) in [7, 11) is 3.31. The van der Waals surface area contributed by atoms with Gasteiger partial charge in [-0.3, -0.25) is 14.6 Å². The van der Waals surface area contributed by atoms with Crippen molar-refractivity contribution in [1.29, 1.82) is 0 Å². The number of carbonyl (C=O) groups excluding carboxylic acids is 1. The van der Waals surface area contributed by atoms with Gasteiger partial charge in [0.1, 0.15) is 11.5 Å². The standard InChI is InChI=1S/C26H34N2O4.C2H2O4/c1-31-22-7-3-19(4-8-22)17-27-14-13-25(29)24(18-27)28-15-11-21(12-16-28)26(30)20-5-9-23(32-2)10-6-20;3-1(4)2(5)6/h3-10,21,24-25,29H,11-18H2,1-2H3;(H,3,4)(H,5,6)/t24-,25-;/m0./s1. The van der Waals surface area contributed by atoms with Crippen molar-refractivity contribution in [2.45, 2.75) is 38.0 Å². The van der Waals surface area contributed by atoms with Crippen LogP contribution in [0.5, 0.6) is 11.5 Å². The normalized spacial score (nSPS) is 20.6. The quantitative estimate of drug-likeness (QED) is 0.363. The Hall–Kier alpha value is -3.47. The minimum atomic E-state index is -1.82. The number of carbonyl (C=O) groups is 3. The Morgan fingerprint density at radius 3 is 1.84 bits per heavy atom. The van der Waals surface area contributed by atoms with E-state index >= 15 is 0 Å². The Morgan fingerprint density at radius 1 is 0.816 bits per heavy atom. The third kappa shape index (κ3) is 8.01. The van der Waals surface area contributed by atoms with Crippen molar-refractivity contribution < 1.29 is 39.2 Å². The van der Waals surface area contributed by atoms with E-state index in [1.807, 2.05) is 36.4 Å². The molecule has 10 nitrogen and oxygen atoms in total. The molecule has 4 rings (SSSR count). The molecule has 10 heteroatoms. The molecule has 0 aliphatic carbocycles. The smallest absolute Gasteiger partial charge is 0.414 e. The number of carboxylic acids is 2. The number of hydrogen-bond acceptors (Lipinski definition) is 8. The number of aliphatic carboxylic acids is 2. The molecule has 0 spiro atoms. The molecule has 2 aliphatic heterocycles. The molecule has 2 aliphatic rings. The highest BCUT2D eigenvalue weighted by Gasteiger charge is 2.35. The second-order valence-corrected chi connectivity index (χ2v) is 9.52. The van der Waals surface area contributed by atoms with Crippen LogP contribution < -0.4 is 9.47 Å². The van der Waals surface area contributed by atoms with Crippen molar-refractivity contribution in [2.24, 2.45) is 5.92 Å². The summed E-state index contributed by atoms with van der Waals surface area (Å²) >= 11 is 0. The molecule has 0 amide bonds. The van der Waals surface area contributed by atoms with Crippen LogP contribution in [0.2, 0.25) is 0 Å². The summed E-state index contributed by atoms with van der Waals surface area (Å²) < 4.78 is 10.4. The van der Waals surface area contributed by atoms with Crippen LogP contribution in [0.3, 0.4) is 0 Å². The lowest BCUT2D eigenvalue weighted by molar-refractivity contribution is -0.159. The van der Waals surface area contributed by atoms with Gasteiger partial charge in [0.25, 0.3) is 0 Å². The van der Waals surface area contributed by atoms with Crippen LogP contribution in [0.25, 0.3) is 0 Å². The molecule has 2 atom stereocenters. The Kier molecular flexibility index (Phi) is 10.6. The van der Waals surface area contributed by atoms with Crippen LogP contribution in [-0.4, -0.2) is 95.4 Å². The van der Waals surface area contributed by atoms with Crippen molar-refractivity contribution in [3.63, 3.8) is 0 Å². The maximum Gasteiger partial charge on any atom is 0.414 e. The fourth-order valence-corrected chi connectivity index (χ4v) is 4.96. The highest BCUT2D eigenvalue weighted by molar-refractivity contribution is 6.27. The molecular formula is C28H36N2O8. The monoisotopic (exact) mass is 528 g/mol. The molecule has 0 saturated carbocycles. The number of ketones is 1. The van der Waals surface area contributed by atoms with Gasteiger partial charge in [-0.15, -0.1) is 0 Å². The number of Topliss-reactive ketones (excluding diaryl/α,β-unsaturated/α-hetero) is 1. The Morgan fingerprint density at radius 2 is 1.34 bits per heavy atom. The van der Waals surface area contributed by atoms with E-state index in [0.717, 1.165) is 69.0 Å². The molecule has 2 fully saturated rings. The third-order valence-corrected chi connectivity index (χ3v) is 7.12. The molecule has 38 heavy (non-hydrogen) atoms. The van der Waals surface area contributed by atoms with E-state index in [-0.39, 0.29) is 23.8 Å². The van der Waals surface area contributed by atoms with Gasteiger partial charge in [-0.2, -0.15) is 0 Å². The predicted molar refractivity (Wildman–Crippen MR) is 140 cm³/mol. The number of methoxy groups -OCH3 is 2. The van der Waals surface area contributed by atoms with Gasteiger partial charge in [-0.25, -0.2) is 9.59 Å². The summed E-state index contributed by atoms with van der Waals surface area (Å²) in [6.45, 7) is 4.33. The van der Waals surface area contributed by atoms with Crippen molar-refractivity contribution in [1.82, 2.24) is 9.80 Å². The van der Waals surface area contributed by atoms with Gasteiger partial charge in [-0.1, -0.05) is 12.1 Å². The fourth-order valence-electron chi connectivity index (χ4n) is 4.96. The SMILES string of the molecule is COc1ccc(CN2CC[C@H](O)[C@@H](N3CCC(C(=O)c4ccc(OC)cc4)CC3)C2)cc1.O=C(O)C(=O)O. The van der Waals surface area contributed by atoms with Crippen LogP contribution >= 0.6 is 0 Å². The van der Waals surface area contributed by atoms with Crippen LogP contribution in [0.1, 0.15) is 35.2 Å². The van der Waals surface area contributed by atoms with Gasteiger partial charge in [0, 0.05) is 37.2 Å². The summed E-state index contributed by atoms with van der Waals surface area (Å²) in [6.07, 6.45) is 2.15. The number of aliphatic hydroxyl groups excluding tert-OH is 1. The zero-order valence-corrected chi connectivity index (χ0v) is 21.8. The van der Waals surface area contributed by atoms with Crippen LogP contribution in [0.4, 0.5) is 0 Å². The highest BCUT2D eigenvalue weighted by atomic mass is 16.5. The minimum Gasteiger partial charge on any atom is -0.497 e. The molecule has 2 heterocycles. The zero-order chi connectivity index (χ0) is 27.7. The maximum absolute atomic E-state index is 12.9. The van der Waals surface area contributed by atoms with Crippen LogP contribution in [0, 0.1) is 5.92 Å². The molecule has 206 valence electrons. The number of rotatable bonds is 7. The average molecular weight is 529 g/mol. The first-order chi connectivity index (χ1) is 18.2. The van der Waals surface area contributed by atoms with Crippen LogP contribution in [0.15, 0.2) is 48.5 Å². The van der Waals surface area contributed by atoms with Crippen molar-refractivity contribution in [3.8, 4) is 11.5 Å². The number of ether oxygens (including phenoxy) is 2. The number of carboxylic acid groups (broad SMARTS) is 2. The van der Waals surface area contributed by atoms with E-state index in [9.17, 15) is 9.90 Å². The summed E-state index contributed by atoms with van der Waals surface area (Å²) in [5, 5.41) is 25.5. The molecular weight excluding hydrogens is 492 g/mol. The van der Waals surface area contributed by atoms with Gasteiger partial charge in [0.05, 0.1) is 20.3 Å². The fraction of sp³-hybridized carbons (Fsp3) is 0.464. The molecule has 2 saturated heterocycles. The second kappa shape index (κ2) is 13.9. The molecule has 0 bridgehead atoms. The summed E-state index contributed by atoms with van der Waals surface area (Å²) in [4.78, 5) is 35.9. The van der Waals surface area contributed by atoms with E-state index in [0.29, 0.717) is 0 Å². The van der Waals surface area contributed by atoms with Gasteiger partial charge >= 0.3 is 11.9 Å². The van der Waals surface area contributed by atoms with Gasteiger partial charge < -0.3 is 24.8 Å². The van der Waals surface area contributed by atoms with Crippen molar-refractivity contribution in [2.75, 3.05) is 40.4 Å². The van der Waals surface area contributed by atoms with Crippen molar-refractivity contribution >= 4 is 17.7 Å². The number of piperidine rings is 2. The second-order valence-electron chi connectivity index (χ2n) is 9.52. The third-order valence-electron chi connectivity index (χ3n) is 7.12. The van der Waals surface area contributed by atoms with E-state index in [1.54, 1.807) is 14.2 Å². The summed E-state index contributed by atoms with van der Waals surface area (Å²) in [6, 6.07) is 15.7. The van der Waals surface area contributed by atoms with E-state index in [1.165, 1.54) is 5.56 Å². The van der Waals surface area contributed by atoms with Crippen molar-refractivity contribution in [3.05, 3.63) is 59.7 Å². The number of benzene rings is 2. The Balaban J connectivity index is 0.000000599. The minimum absolute atomic E-state index is 0.0516. The molecule has 0 aromatic heterocycles. The van der Waals surface area contributed by atoms with E-state index in [2.05, 4.69) is 21.9 Å². The lowest BCUT2D eigenvalue weighted by Gasteiger charge is -2.44. The number of nitrogens with zero attached hydrogens (tertiary/aromatic N) is 2. The van der Waals surface area contributed by atoms with Crippen LogP contribution in [-0.2, 0) is 16.1 Å². The Bertz CT molecular complexity index is 1050. The summed E-state index contributed by atoms with van der Waals surface area (Å²) in [5.74, 6) is -1.74. The lowest BCUT2D eigenvalue weighted by atomic mass is 9.87. The number of aliphatic hydroxyl groups is 1. The largest absolute Gasteiger partial charge is 0.497 e. The molecule has 0 radical (unpaired) electrons. The van der Waals surface area contributed by atoms with Gasteiger partial charge in [-0.05, 0) is 74.3 Å². The van der Waals surface area contributed by atoms with Gasteiger partial charge in [0.2, 0.25) is 0 Å². The summed E-state index contributed by atoms with van der Waals surface area (Å²) in [5.41, 5.74) is 2.01. The number of hydrogen-bond donors (Lipinski definition) is 3. The maximum atomic E-state index is 12.9. The molecule has 3 N–H and O–H groups in total. The van der Waals surface area contributed by atoms with E-state index < -0.39 is 11.9 Å². The Labute approximate surface area is 222 Å². The molecule has 0 unspecified atom stereocenters. The predicted octanol–water partition coefficient (Wildman–Crippen LogP) is 2.39. The molecule has 2 aromatic rings. The molecule has 2 aromatic carbocycles. The lowest BCUT2D eigenvalue weighted by Crippen LogP contribution is -2.56. The first-order valence-electron chi connectivity index (χ1n) is 12.6. The van der Waals surface area contributed by atoms with Gasteiger partial charge in [0.15, 0.2) is 5.78 Å². The average Bonchev–Trinajstić information content (AvgIpc) is 2.94. The first kappa shape index (κ1) is 29.1. The first-order valence-corrected chi connectivity index (χ1v) is 12.6. The number of likely N-dealkylation sites (tertiary alicyclic amines) is 2. The zero-order valence-electron chi connectivity index (χ0n) is 21.8. The highest BCUT2D eigenvalue weighted by Crippen LogP contribution is 2.27. The topological polar surface area (TPSA) is 137 Å².